The van der Waals surface area contributed by atoms with Crippen molar-refractivity contribution in [3.8, 4) is 5.75 Å². The van der Waals surface area contributed by atoms with Crippen molar-refractivity contribution in [2.45, 2.75) is 43.4 Å². The van der Waals surface area contributed by atoms with E-state index in [9.17, 15) is 13.2 Å². The molecule has 2 saturated heterocycles. The van der Waals surface area contributed by atoms with E-state index in [0.717, 1.165) is 51.6 Å². The molecule has 0 aliphatic carbocycles. The van der Waals surface area contributed by atoms with Gasteiger partial charge in [0.25, 0.3) is 5.91 Å². The number of ether oxygens (including phenoxy) is 1. The molecule has 0 radical (unpaired) electrons. The Kier molecular flexibility index (Phi) is 7.54. The molecule has 7 nitrogen and oxygen atoms in total. The molecule has 162 valence electrons. The van der Waals surface area contributed by atoms with Crippen LogP contribution < -0.4 is 9.46 Å². The molecule has 0 aromatic heterocycles. The van der Waals surface area contributed by atoms with Gasteiger partial charge in [-0.2, -0.15) is 0 Å². The van der Waals surface area contributed by atoms with Crippen LogP contribution >= 0.6 is 0 Å². The van der Waals surface area contributed by atoms with Crippen molar-refractivity contribution in [3.63, 3.8) is 0 Å². The van der Waals surface area contributed by atoms with Crippen molar-refractivity contribution in [2.24, 2.45) is 5.92 Å². The van der Waals surface area contributed by atoms with Crippen molar-refractivity contribution in [1.29, 1.82) is 0 Å². The van der Waals surface area contributed by atoms with E-state index in [-0.39, 0.29) is 10.8 Å². The van der Waals surface area contributed by atoms with E-state index in [1.807, 2.05) is 0 Å². The number of amides is 1. The van der Waals surface area contributed by atoms with Crippen LogP contribution in [-0.4, -0.2) is 71.0 Å². The van der Waals surface area contributed by atoms with Gasteiger partial charge in [-0.05, 0) is 82.8 Å². The second-order valence-corrected chi connectivity index (χ2v) is 9.92. The van der Waals surface area contributed by atoms with E-state index in [4.69, 9.17) is 4.74 Å². The van der Waals surface area contributed by atoms with Crippen molar-refractivity contribution < 1.29 is 17.9 Å². The monoisotopic (exact) mass is 423 g/mol. The first kappa shape index (κ1) is 22.1. The molecule has 1 aromatic carbocycles. The summed E-state index contributed by atoms with van der Waals surface area (Å²) in [4.78, 5) is 17.1. The van der Waals surface area contributed by atoms with Crippen molar-refractivity contribution in [3.05, 3.63) is 23.8 Å². The maximum atomic E-state index is 12.9. The lowest BCUT2D eigenvalue weighted by Crippen LogP contribution is -2.36. The summed E-state index contributed by atoms with van der Waals surface area (Å²) < 4.78 is 33.6. The van der Waals surface area contributed by atoms with E-state index < -0.39 is 10.0 Å². The van der Waals surface area contributed by atoms with Crippen LogP contribution in [0.5, 0.6) is 5.75 Å². The topological polar surface area (TPSA) is 79.0 Å². The minimum absolute atomic E-state index is 0.113. The summed E-state index contributed by atoms with van der Waals surface area (Å²) in [5.74, 6) is 0.803. The summed E-state index contributed by atoms with van der Waals surface area (Å²) >= 11 is 0. The highest BCUT2D eigenvalue weighted by atomic mass is 32.2. The van der Waals surface area contributed by atoms with Gasteiger partial charge in [0.05, 0.1) is 17.6 Å². The second kappa shape index (κ2) is 9.91. The number of hydrogen-bond acceptors (Lipinski definition) is 5. The van der Waals surface area contributed by atoms with Gasteiger partial charge in [0, 0.05) is 19.6 Å². The number of sulfonamides is 1. The van der Waals surface area contributed by atoms with Crippen molar-refractivity contribution in [2.75, 3.05) is 46.9 Å². The molecule has 1 aromatic rings. The average molecular weight is 424 g/mol. The SMILES string of the molecule is COc1ccc(S(=O)(=O)NCCC2CCN(C)CC2)cc1C(=O)N1CCCCC1. The fraction of sp³-hybridized carbons (Fsp3) is 0.667. The van der Waals surface area contributed by atoms with E-state index in [1.165, 1.54) is 19.2 Å². The number of likely N-dealkylation sites (tertiary alicyclic amines) is 2. The summed E-state index contributed by atoms with van der Waals surface area (Å²) in [7, 11) is -0.0575. The predicted molar refractivity (Wildman–Crippen MR) is 113 cm³/mol. The molecule has 2 aliphatic heterocycles. The van der Waals surface area contributed by atoms with Crippen LogP contribution in [0.3, 0.4) is 0 Å². The molecule has 0 spiro atoms. The number of nitrogens with one attached hydrogen (secondary N) is 1. The number of nitrogens with zero attached hydrogens (tertiary/aromatic N) is 2. The van der Waals surface area contributed by atoms with Crippen LogP contribution in [0.1, 0.15) is 48.9 Å². The smallest absolute Gasteiger partial charge is 0.257 e. The fourth-order valence-electron chi connectivity index (χ4n) is 4.12. The molecule has 0 unspecified atom stereocenters. The van der Waals surface area contributed by atoms with Gasteiger partial charge < -0.3 is 14.5 Å². The molecule has 2 fully saturated rings. The van der Waals surface area contributed by atoms with E-state index >= 15 is 0 Å². The van der Waals surface area contributed by atoms with Crippen molar-refractivity contribution in [1.82, 2.24) is 14.5 Å². The molecule has 2 aliphatic rings. The quantitative estimate of drug-likeness (QED) is 0.728. The number of carbonyl (C=O) groups excluding carboxylic acids is 1. The molecule has 29 heavy (non-hydrogen) atoms. The summed E-state index contributed by atoms with van der Waals surface area (Å²) in [5, 5.41) is 0. The minimum atomic E-state index is -3.67. The molecule has 2 heterocycles. The Morgan fingerprint density at radius 2 is 1.83 bits per heavy atom. The Bertz CT molecular complexity index is 798. The lowest BCUT2D eigenvalue weighted by Gasteiger charge is -2.28. The highest BCUT2D eigenvalue weighted by molar-refractivity contribution is 7.89. The first-order valence-electron chi connectivity index (χ1n) is 10.6. The third-order valence-corrected chi connectivity index (χ3v) is 7.50. The lowest BCUT2D eigenvalue weighted by atomic mass is 9.94. The summed E-state index contributed by atoms with van der Waals surface area (Å²) in [6.45, 7) is 3.95. The standard InChI is InChI=1S/C21H33N3O4S/c1-23-14-9-17(10-15-23)8-11-22-29(26,27)18-6-7-20(28-2)19(16-18)21(25)24-12-4-3-5-13-24/h6-7,16-17,22H,3-5,8-15H2,1-2H3. The van der Waals surface area contributed by atoms with E-state index in [1.54, 1.807) is 11.0 Å². The largest absolute Gasteiger partial charge is 0.496 e. The minimum Gasteiger partial charge on any atom is -0.496 e. The van der Waals surface area contributed by atoms with Gasteiger partial charge in [0.15, 0.2) is 0 Å². The van der Waals surface area contributed by atoms with Crippen LogP contribution in [0.15, 0.2) is 23.1 Å². The maximum absolute atomic E-state index is 12.9. The van der Waals surface area contributed by atoms with Gasteiger partial charge in [-0.15, -0.1) is 0 Å². The normalized spacial score (nSPS) is 19.3. The molecule has 0 saturated carbocycles. The highest BCUT2D eigenvalue weighted by Crippen LogP contribution is 2.25. The summed E-state index contributed by atoms with van der Waals surface area (Å²) in [6.07, 6.45) is 6.12. The summed E-state index contributed by atoms with van der Waals surface area (Å²) in [5.41, 5.74) is 0.313. The van der Waals surface area contributed by atoms with Gasteiger partial charge in [0.2, 0.25) is 10.0 Å². The predicted octanol–water partition coefficient (Wildman–Crippen LogP) is 2.33. The van der Waals surface area contributed by atoms with Crippen LogP contribution in [0.2, 0.25) is 0 Å². The number of carbonyl (C=O) groups is 1. The third-order valence-electron chi connectivity index (χ3n) is 6.04. The molecule has 0 atom stereocenters. The van der Waals surface area contributed by atoms with Crippen LogP contribution in [0, 0.1) is 5.92 Å². The zero-order chi connectivity index (χ0) is 20.9. The average Bonchev–Trinajstić information content (AvgIpc) is 2.74. The summed E-state index contributed by atoms with van der Waals surface area (Å²) in [6, 6.07) is 4.53. The molecule has 1 amide bonds. The highest BCUT2D eigenvalue weighted by Gasteiger charge is 2.25. The maximum Gasteiger partial charge on any atom is 0.257 e. The van der Waals surface area contributed by atoms with Crippen LogP contribution in [0.25, 0.3) is 0 Å². The molecule has 1 N–H and O–H groups in total. The van der Waals surface area contributed by atoms with E-state index in [0.29, 0.717) is 36.9 Å². The van der Waals surface area contributed by atoms with E-state index in [2.05, 4.69) is 16.7 Å². The first-order valence-corrected chi connectivity index (χ1v) is 12.0. The Balaban J connectivity index is 1.67. The number of hydrogen-bond donors (Lipinski definition) is 1. The molecular weight excluding hydrogens is 390 g/mol. The Morgan fingerprint density at radius 1 is 1.14 bits per heavy atom. The number of benzene rings is 1. The van der Waals surface area contributed by atoms with Gasteiger partial charge in [-0.3, -0.25) is 4.79 Å². The molecular formula is C21H33N3O4S. The first-order chi connectivity index (χ1) is 13.9. The Hall–Kier alpha value is -1.64. The molecule has 8 heteroatoms. The third kappa shape index (κ3) is 5.71. The second-order valence-electron chi connectivity index (χ2n) is 8.15. The van der Waals surface area contributed by atoms with Gasteiger partial charge >= 0.3 is 0 Å². The number of piperidine rings is 2. The van der Waals surface area contributed by atoms with Crippen LogP contribution in [-0.2, 0) is 10.0 Å². The van der Waals surface area contributed by atoms with Gasteiger partial charge in [-0.25, -0.2) is 13.1 Å². The Morgan fingerprint density at radius 3 is 2.48 bits per heavy atom. The van der Waals surface area contributed by atoms with Gasteiger partial charge in [-0.1, -0.05) is 0 Å². The Labute approximate surface area is 174 Å². The zero-order valence-corrected chi connectivity index (χ0v) is 18.3. The fourth-order valence-corrected chi connectivity index (χ4v) is 5.19. The van der Waals surface area contributed by atoms with Gasteiger partial charge in [0.1, 0.15) is 5.75 Å². The van der Waals surface area contributed by atoms with Crippen LogP contribution in [0.4, 0.5) is 0 Å². The number of methoxy groups -OCH3 is 1. The lowest BCUT2D eigenvalue weighted by molar-refractivity contribution is 0.0720. The van der Waals surface area contributed by atoms with Crippen molar-refractivity contribution >= 4 is 15.9 Å². The molecule has 3 rings (SSSR count). The number of rotatable bonds is 7. The molecule has 0 bridgehead atoms. The zero-order valence-electron chi connectivity index (χ0n) is 17.5.